The minimum atomic E-state index is -5.08. The molecule has 0 unspecified atom stereocenters. The van der Waals surface area contributed by atoms with E-state index in [4.69, 9.17) is 9.90 Å². The van der Waals surface area contributed by atoms with Gasteiger partial charge in [-0.25, -0.2) is 9.78 Å². The molecule has 1 fully saturated rings. The number of rotatable bonds is 6. The van der Waals surface area contributed by atoms with Crippen LogP contribution in [0, 0.1) is 0 Å². The van der Waals surface area contributed by atoms with Crippen molar-refractivity contribution in [1.29, 1.82) is 0 Å². The largest absolute Gasteiger partial charge is 0.490 e. The van der Waals surface area contributed by atoms with E-state index in [2.05, 4.69) is 25.3 Å². The third-order valence-corrected chi connectivity index (χ3v) is 5.17. The summed E-state index contributed by atoms with van der Waals surface area (Å²) in [5, 5.41) is 14.2. The Labute approximate surface area is 203 Å². The van der Waals surface area contributed by atoms with Crippen LogP contribution in [0.2, 0.25) is 0 Å². The molecule has 1 saturated heterocycles. The van der Waals surface area contributed by atoms with Gasteiger partial charge in [0.15, 0.2) is 0 Å². The molecule has 1 aromatic carbocycles. The quantitative estimate of drug-likeness (QED) is 0.465. The van der Waals surface area contributed by atoms with Gasteiger partial charge in [0.25, 0.3) is 5.56 Å². The predicted molar refractivity (Wildman–Crippen MR) is 123 cm³/mol. The van der Waals surface area contributed by atoms with Gasteiger partial charge < -0.3 is 15.4 Å². The van der Waals surface area contributed by atoms with Crippen LogP contribution < -0.4 is 10.9 Å². The lowest BCUT2D eigenvalue weighted by molar-refractivity contribution is -0.192. The lowest BCUT2D eigenvalue weighted by Gasteiger charge is -2.18. The topological polar surface area (TPSA) is 133 Å². The van der Waals surface area contributed by atoms with Crippen molar-refractivity contribution in [3.63, 3.8) is 0 Å². The van der Waals surface area contributed by atoms with Crippen molar-refractivity contribution in [3.05, 3.63) is 70.4 Å². The van der Waals surface area contributed by atoms with Crippen molar-refractivity contribution in [2.24, 2.45) is 0 Å². The van der Waals surface area contributed by atoms with Gasteiger partial charge in [-0.2, -0.15) is 18.3 Å². The maximum Gasteiger partial charge on any atom is 0.490 e. The molecule has 3 heterocycles. The van der Waals surface area contributed by atoms with Gasteiger partial charge in [-0.05, 0) is 18.1 Å². The monoisotopic (exact) mass is 506 g/mol. The molecule has 192 valence electrons. The number of hydrogen-bond donors (Lipinski definition) is 3. The lowest BCUT2D eigenvalue weighted by Crippen LogP contribution is -2.32. The van der Waals surface area contributed by atoms with E-state index in [0.717, 1.165) is 42.9 Å². The summed E-state index contributed by atoms with van der Waals surface area (Å²) in [4.78, 5) is 42.3. The minimum absolute atomic E-state index is 0.0767. The summed E-state index contributed by atoms with van der Waals surface area (Å²) in [6.45, 7) is 3.46. The molecule has 2 aromatic heterocycles. The second-order valence-corrected chi connectivity index (χ2v) is 8.02. The Balaban J connectivity index is 0.000000454. The molecule has 0 radical (unpaired) electrons. The van der Waals surface area contributed by atoms with Gasteiger partial charge in [0.2, 0.25) is 5.91 Å². The fraction of sp³-hybridized carbons (Fsp3) is 0.348. The molecule has 3 aromatic rings. The number of carbonyl (C=O) groups excluding carboxylic acids is 1. The molecule has 10 nitrogen and oxygen atoms in total. The van der Waals surface area contributed by atoms with E-state index in [1.807, 2.05) is 41.2 Å². The number of nitrogens with zero attached hydrogens (tertiary/aromatic N) is 4. The number of benzene rings is 1. The van der Waals surface area contributed by atoms with Gasteiger partial charge in [-0.3, -0.25) is 19.2 Å². The molecular weight excluding hydrogens is 481 g/mol. The number of carboxylic acid groups (broad SMARTS) is 1. The molecule has 0 atom stereocenters. The maximum absolute atomic E-state index is 12.1. The van der Waals surface area contributed by atoms with Gasteiger partial charge in [-0.15, -0.1) is 0 Å². The number of carbonyl (C=O) groups is 2. The van der Waals surface area contributed by atoms with Gasteiger partial charge in [-0.1, -0.05) is 24.3 Å². The molecule has 1 aliphatic rings. The summed E-state index contributed by atoms with van der Waals surface area (Å²) in [7, 11) is 0. The zero-order chi connectivity index (χ0) is 26.1. The first-order valence-corrected chi connectivity index (χ1v) is 11.1. The van der Waals surface area contributed by atoms with Crippen LogP contribution >= 0.6 is 0 Å². The van der Waals surface area contributed by atoms with Gasteiger partial charge in [0.1, 0.15) is 5.82 Å². The minimum Gasteiger partial charge on any atom is -0.475 e. The van der Waals surface area contributed by atoms with Crippen LogP contribution in [0.5, 0.6) is 0 Å². The number of hydrogen-bond acceptors (Lipinski definition) is 6. The number of halogens is 3. The van der Waals surface area contributed by atoms with Crippen molar-refractivity contribution >= 4 is 11.9 Å². The second-order valence-electron chi connectivity index (χ2n) is 8.02. The Morgan fingerprint density at radius 1 is 1.17 bits per heavy atom. The smallest absolute Gasteiger partial charge is 0.475 e. The van der Waals surface area contributed by atoms with E-state index in [0.29, 0.717) is 25.3 Å². The summed E-state index contributed by atoms with van der Waals surface area (Å²) < 4.78 is 33.6. The number of aromatic nitrogens is 4. The van der Waals surface area contributed by atoms with Crippen molar-refractivity contribution in [1.82, 2.24) is 30.0 Å². The molecule has 3 N–H and O–H groups in total. The van der Waals surface area contributed by atoms with E-state index in [9.17, 15) is 22.8 Å². The first-order chi connectivity index (χ1) is 17.1. The van der Waals surface area contributed by atoms with E-state index in [1.165, 1.54) is 6.07 Å². The highest BCUT2D eigenvalue weighted by Gasteiger charge is 2.38. The highest BCUT2D eigenvalue weighted by Crippen LogP contribution is 2.17. The SMILES string of the molecule is O=C(O)C(F)(F)F.O=C1CN(Cc2ccc(-c3nc(CCn4cccn4)cc(=O)[nH]3)cc2)CCCN1. The summed E-state index contributed by atoms with van der Waals surface area (Å²) in [6.07, 6.45) is 0.130. The Morgan fingerprint density at radius 3 is 2.53 bits per heavy atom. The summed E-state index contributed by atoms with van der Waals surface area (Å²) in [5.74, 6) is -2.12. The van der Waals surface area contributed by atoms with Crippen molar-refractivity contribution in [2.75, 3.05) is 19.6 Å². The van der Waals surface area contributed by atoms with Gasteiger partial charge in [0, 0.05) is 56.6 Å². The van der Waals surface area contributed by atoms with Crippen LogP contribution in [0.3, 0.4) is 0 Å². The summed E-state index contributed by atoms with van der Waals surface area (Å²) in [5.41, 5.74) is 2.56. The number of alkyl halides is 3. The Morgan fingerprint density at radius 2 is 1.89 bits per heavy atom. The molecule has 36 heavy (non-hydrogen) atoms. The van der Waals surface area contributed by atoms with E-state index in [1.54, 1.807) is 6.20 Å². The number of aliphatic carboxylic acids is 1. The fourth-order valence-corrected chi connectivity index (χ4v) is 3.46. The van der Waals surface area contributed by atoms with Crippen molar-refractivity contribution in [3.8, 4) is 11.4 Å². The molecule has 0 saturated carbocycles. The van der Waals surface area contributed by atoms with Crippen molar-refractivity contribution < 1.29 is 27.9 Å². The van der Waals surface area contributed by atoms with Crippen LogP contribution in [0.25, 0.3) is 11.4 Å². The number of amides is 1. The first kappa shape index (κ1) is 26.6. The normalized spacial score (nSPS) is 14.4. The average Bonchev–Trinajstić information content (AvgIpc) is 3.26. The highest BCUT2D eigenvalue weighted by molar-refractivity contribution is 5.78. The zero-order valence-corrected chi connectivity index (χ0v) is 19.2. The number of aromatic amines is 1. The van der Waals surface area contributed by atoms with E-state index >= 15 is 0 Å². The summed E-state index contributed by atoms with van der Waals surface area (Å²) >= 11 is 0. The lowest BCUT2D eigenvalue weighted by atomic mass is 10.1. The highest BCUT2D eigenvalue weighted by atomic mass is 19.4. The van der Waals surface area contributed by atoms with Gasteiger partial charge in [0.05, 0.1) is 12.2 Å². The Bertz CT molecular complexity index is 1210. The van der Waals surface area contributed by atoms with Crippen molar-refractivity contribution in [2.45, 2.75) is 32.1 Å². The van der Waals surface area contributed by atoms with Gasteiger partial charge >= 0.3 is 12.1 Å². The summed E-state index contributed by atoms with van der Waals surface area (Å²) in [6, 6.07) is 11.4. The molecule has 1 amide bonds. The van der Waals surface area contributed by atoms with Crippen LogP contribution in [0.4, 0.5) is 13.2 Å². The van der Waals surface area contributed by atoms with E-state index < -0.39 is 12.1 Å². The number of nitrogens with one attached hydrogen (secondary N) is 2. The molecular formula is C23H25F3N6O4. The molecule has 0 spiro atoms. The Hall–Kier alpha value is -4.00. The third-order valence-electron chi connectivity index (χ3n) is 5.17. The first-order valence-electron chi connectivity index (χ1n) is 11.1. The molecule has 13 heteroatoms. The van der Waals surface area contributed by atoms with Crippen LogP contribution in [0.15, 0.2) is 53.6 Å². The molecule has 1 aliphatic heterocycles. The average molecular weight is 506 g/mol. The number of aryl methyl sites for hydroxylation is 2. The maximum atomic E-state index is 12.1. The Kier molecular flexibility index (Phi) is 8.95. The van der Waals surface area contributed by atoms with E-state index in [-0.39, 0.29) is 11.5 Å². The molecule has 0 bridgehead atoms. The standard InChI is InChI=1S/C21H24N6O2.C2HF3O2/c28-19-13-18(7-12-27-11-2-9-23-27)24-21(25-19)17-5-3-16(4-6-17)14-26-10-1-8-22-20(29)15-26;3-2(4,5)1(6)7/h2-6,9,11,13H,1,7-8,10,12,14-15H2,(H,22,29)(H,24,25,28);(H,6,7). The molecule has 0 aliphatic carbocycles. The second kappa shape index (κ2) is 12.1. The predicted octanol–water partition coefficient (Wildman–Crippen LogP) is 1.83. The third kappa shape index (κ3) is 8.34. The number of H-pyrrole nitrogens is 1. The van der Waals surface area contributed by atoms with Crippen LogP contribution in [-0.4, -0.2) is 67.4 Å². The zero-order valence-electron chi connectivity index (χ0n) is 19.2. The number of carboxylic acids is 1. The molecule has 4 rings (SSSR count). The van der Waals surface area contributed by atoms with Crippen LogP contribution in [0.1, 0.15) is 17.7 Å². The van der Waals surface area contributed by atoms with Crippen LogP contribution in [-0.2, 0) is 29.1 Å². The fourth-order valence-electron chi connectivity index (χ4n) is 3.46.